The van der Waals surface area contributed by atoms with Crippen molar-refractivity contribution < 1.29 is 23.9 Å². The Bertz CT molecular complexity index is 1500. The highest BCUT2D eigenvalue weighted by Crippen LogP contribution is 2.36. The summed E-state index contributed by atoms with van der Waals surface area (Å²) in [4.78, 5) is 40.0. The lowest BCUT2D eigenvalue weighted by Crippen LogP contribution is -2.24. The predicted octanol–water partition coefficient (Wildman–Crippen LogP) is 6.45. The second-order valence-corrected chi connectivity index (χ2v) is 9.58. The van der Waals surface area contributed by atoms with Gasteiger partial charge in [0.2, 0.25) is 0 Å². The van der Waals surface area contributed by atoms with Gasteiger partial charge >= 0.3 is 11.9 Å². The molecular weight excluding hydrogens is 527 g/mol. The highest BCUT2D eigenvalue weighted by molar-refractivity contribution is 6.34. The SMILES string of the molecule is CCOC(=O)c1ccc(N2C(=O)/C(=C\c3cc(C)n(-c4cc(Cl)cc(Cl)c4)c3C)C(C(=O)OC)=C2C)cc1. The summed E-state index contributed by atoms with van der Waals surface area (Å²) in [5, 5.41) is 1.00. The van der Waals surface area contributed by atoms with Gasteiger partial charge in [-0.2, -0.15) is 0 Å². The third-order valence-electron chi connectivity index (χ3n) is 6.30. The van der Waals surface area contributed by atoms with Crippen molar-refractivity contribution in [2.45, 2.75) is 27.7 Å². The number of methoxy groups -OCH3 is 1. The van der Waals surface area contributed by atoms with Crippen LogP contribution in [0.15, 0.2) is 65.4 Å². The first-order chi connectivity index (χ1) is 18.1. The first kappa shape index (κ1) is 27.2. The van der Waals surface area contributed by atoms with E-state index in [1.165, 1.54) is 12.0 Å². The number of ether oxygens (including phenoxy) is 2. The van der Waals surface area contributed by atoms with Crippen molar-refractivity contribution >= 4 is 52.8 Å². The van der Waals surface area contributed by atoms with E-state index in [2.05, 4.69) is 0 Å². The number of amides is 1. The maximum absolute atomic E-state index is 13.7. The molecule has 7 nitrogen and oxygen atoms in total. The maximum atomic E-state index is 13.7. The number of aromatic nitrogens is 1. The number of nitrogens with zero attached hydrogens (tertiary/aromatic N) is 2. The predicted molar refractivity (Wildman–Crippen MR) is 148 cm³/mol. The monoisotopic (exact) mass is 552 g/mol. The molecule has 0 fully saturated rings. The molecule has 0 bridgehead atoms. The summed E-state index contributed by atoms with van der Waals surface area (Å²) in [5.41, 5.74) is 4.91. The molecule has 1 aromatic heterocycles. The van der Waals surface area contributed by atoms with Crippen LogP contribution in [0.25, 0.3) is 11.8 Å². The van der Waals surface area contributed by atoms with Crippen LogP contribution in [0.4, 0.5) is 5.69 Å². The molecule has 1 aliphatic heterocycles. The molecule has 9 heteroatoms. The Balaban J connectivity index is 1.79. The minimum Gasteiger partial charge on any atom is -0.465 e. The van der Waals surface area contributed by atoms with Gasteiger partial charge in [-0.25, -0.2) is 9.59 Å². The van der Waals surface area contributed by atoms with Crippen LogP contribution in [0.1, 0.15) is 41.2 Å². The molecule has 3 aromatic rings. The van der Waals surface area contributed by atoms with E-state index in [1.54, 1.807) is 62.4 Å². The Morgan fingerprint density at radius 2 is 1.55 bits per heavy atom. The van der Waals surface area contributed by atoms with Crippen LogP contribution in [0.3, 0.4) is 0 Å². The van der Waals surface area contributed by atoms with Gasteiger partial charge in [0.15, 0.2) is 0 Å². The molecule has 38 heavy (non-hydrogen) atoms. The molecular formula is C29H26Cl2N2O5. The van der Waals surface area contributed by atoms with Crippen molar-refractivity contribution in [1.29, 1.82) is 0 Å². The minimum absolute atomic E-state index is 0.169. The average Bonchev–Trinajstić information content (AvgIpc) is 3.29. The number of rotatable bonds is 6. The summed E-state index contributed by atoms with van der Waals surface area (Å²) in [6.45, 7) is 7.51. The molecule has 0 saturated heterocycles. The molecule has 2 heterocycles. The quantitative estimate of drug-likeness (QED) is 0.259. The van der Waals surface area contributed by atoms with E-state index in [-0.39, 0.29) is 23.7 Å². The van der Waals surface area contributed by atoms with E-state index in [9.17, 15) is 14.4 Å². The first-order valence-corrected chi connectivity index (χ1v) is 12.6. The van der Waals surface area contributed by atoms with Gasteiger partial charge in [0.25, 0.3) is 5.91 Å². The molecule has 1 amide bonds. The van der Waals surface area contributed by atoms with Crippen LogP contribution in [0, 0.1) is 13.8 Å². The van der Waals surface area contributed by atoms with Gasteiger partial charge < -0.3 is 14.0 Å². The van der Waals surface area contributed by atoms with Crippen LogP contribution in [-0.4, -0.2) is 36.1 Å². The topological polar surface area (TPSA) is 77.8 Å². The van der Waals surface area contributed by atoms with Crippen molar-refractivity contribution in [2.24, 2.45) is 0 Å². The second kappa shape index (κ2) is 10.9. The number of halogens is 2. The number of carbonyl (C=O) groups excluding carboxylic acids is 3. The smallest absolute Gasteiger partial charge is 0.340 e. The fourth-order valence-electron chi connectivity index (χ4n) is 4.61. The maximum Gasteiger partial charge on any atom is 0.340 e. The molecule has 0 saturated carbocycles. The molecule has 0 radical (unpaired) electrons. The third-order valence-corrected chi connectivity index (χ3v) is 6.74. The average molecular weight is 553 g/mol. The van der Waals surface area contributed by atoms with E-state index in [4.69, 9.17) is 32.7 Å². The minimum atomic E-state index is -0.622. The summed E-state index contributed by atoms with van der Waals surface area (Å²) < 4.78 is 12.0. The van der Waals surface area contributed by atoms with Crippen LogP contribution in [0.2, 0.25) is 10.0 Å². The van der Waals surface area contributed by atoms with Crippen LogP contribution >= 0.6 is 23.2 Å². The molecule has 0 aliphatic carbocycles. The third kappa shape index (κ3) is 4.99. The molecule has 4 rings (SSSR count). The lowest BCUT2D eigenvalue weighted by molar-refractivity contribution is -0.136. The standard InChI is InChI=1S/C29H26Cl2N2O5/c1-6-38-28(35)19-7-9-23(10-8-19)33-18(4)26(29(36)37-5)25(27(33)34)12-20-11-16(2)32(17(20)3)24-14-21(30)13-22(31)15-24/h7-15H,6H2,1-5H3/b25-12-. The highest BCUT2D eigenvalue weighted by Gasteiger charge is 2.38. The molecule has 1 aliphatic rings. The van der Waals surface area contributed by atoms with Crippen molar-refractivity contribution in [1.82, 2.24) is 4.57 Å². The lowest BCUT2D eigenvalue weighted by atomic mass is 10.0. The molecule has 0 atom stereocenters. The van der Waals surface area contributed by atoms with Gasteiger partial charge in [-0.3, -0.25) is 9.69 Å². The molecule has 0 N–H and O–H groups in total. The molecule has 0 spiro atoms. The van der Waals surface area contributed by atoms with Crippen LogP contribution < -0.4 is 4.90 Å². The first-order valence-electron chi connectivity index (χ1n) is 11.9. The number of aryl methyl sites for hydroxylation is 1. The number of anilines is 1. The summed E-state index contributed by atoms with van der Waals surface area (Å²) in [6.07, 6.45) is 1.69. The van der Waals surface area contributed by atoms with E-state index in [0.717, 1.165) is 22.6 Å². The summed E-state index contributed by atoms with van der Waals surface area (Å²) in [5.74, 6) is -1.46. The van der Waals surface area contributed by atoms with Crippen molar-refractivity contribution in [3.63, 3.8) is 0 Å². The Kier molecular flexibility index (Phi) is 7.81. The lowest BCUT2D eigenvalue weighted by Gasteiger charge is -2.18. The zero-order valence-electron chi connectivity index (χ0n) is 21.6. The summed E-state index contributed by atoms with van der Waals surface area (Å²) >= 11 is 12.5. The number of esters is 2. The fraction of sp³-hybridized carbons (Fsp3) is 0.207. The van der Waals surface area contributed by atoms with Gasteiger partial charge in [0.05, 0.1) is 30.4 Å². The zero-order valence-corrected chi connectivity index (χ0v) is 23.1. The van der Waals surface area contributed by atoms with E-state index < -0.39 is 11.9 Å². The molecule has 196 valence electrons. The van der Waals surface area contributed by atoms with Gasteiger partial charge in [-0.1, -0.05) is 23.2 Å². The van der Waals surface area contributed by atoms with Crippen molar-refractivity contribution in [3.05, 3.63) is 97.9 Å². The van der Waals surface area contributed by atoms with Gasteiger partial charge in [-0.05, 0) is 87.9 Å². The second-order valence-electron chi connectivity index (χ2n) is 8.71. The number of carbonyl (C=O) groups is 3. The number of hydrogen-bond donors (Lipinski definition) is 0. The summed E-state index contributed by atoms with van der Waals surface area (Å²) in [7, 11) is 1.27. The van der Waals surface area contributed by atoms with Gasteiger partial charge in [0, 0.05) is 38.5 Å². The van der Waals surface area contributed by atoms with Gasteiger partial charge in [0.1, 0.15) is 0 Å². The number of benzene rings is 2. The normalized spacial score (nSPS) is 14.4. The Labute approximate surface area is 230 Å². The largest absolute Gasteiger partial charge is 0.465 e. The summed E-state index contributed by atoms with van der Waals surface area (Å²) in [6, 6.07) is 13.6. The Hall–Kier alpha value is -3.81. The molecule has 2 aromatic carbocycles. The number of hydrogen-bond acceptors (Lipinski definition) is 5. The highest BCUT2D eigenvalue weighted by atomic mass is 35.5. The van der Waals surface area contributed by atoms with Gasteiger partial charge in [-0.15, -0.1) is 0 Å². The Morgan fingerprint density at radius 3 is 2.13 bits per heavy atom. The van der Waals surface area contributed by atoms with Crippen molar-refractivity contribution in [3.8, 4) is 5.69 Å². The van der Waals surface area contributed by atoms with Crippen LogP contribution in [-0.2, 0) is 19.1 Å². The van der Waals surface area contributed by atoms with E-state index in [0.29, 0.717) is 27.0 Å². The Morgan fingerprint density at radius 1 is 0.921 bits per heavy atom. The van der Waals surface area contributed by atoms with E-state index >= 15 is 0 Å². The fourth-order valence-corrected chi connectivity index (χ4v) is 5.12. The van der Waals surface area contributed by atoms with Crippen LogP contribution in [0.5, 0.6) is 0 Å². The molecule has 0 unspecified atom stereocenters. The zero-order chi connectivity index (χ0) is 27.7. The van der Waals surface area contributed by atoms with E-state index in [1.807, 2.05) is 24.5 Å². The number of allylic oxidation sites excluding steroid dienone is 1. The van der Waals surface area contributed by atoms with Crippen molar-refractivity contribution in [2.75, 3.05) is 18.6 Å².